The van der Waals surface area contributed by atoms with Crippen LogP contribution in [0.15, 0.2) is 24.3 Å². The SMILES string of the molecule is N=CN1CCN(C(=O)C2CCS(=O)(=O)CC2)C(c2ccc(F)cc2)C1. The van der Waals surface area contributed by atoms with Crippen molar-refractivity contribution in [3.05, 3.63) is 35.6 Å². The van der Waals surface area contributed by atoms with Crippen molar-refractivity contribution in [1.82, 2.24) is 9.80 Å². The minimum atomic E-state index is -3.01. The van der Waals surface area contributed by atoms with Gasteiger partial charge in [0.1, 0.15) is 15.7 Å². The Balaban J connectivity index is 1.80. The fraction of sp³-hybridized carbons (Fsp3) is 0.529. The molecule has 2 fully saturated rings. The number of benzene rings is 1. The van der Waals surface area contributed by atoms with Gasteiger partial charge in [0.15, 0.2) is 0 Å². The van der Waals surface area contributed by atoms with E-state index < -0.39 is 9.84 Å². The molecule has 2 heterocycles. The number of hydrogen-bond acceptors (Lipinski definition) is 4. The Morgan fingerprint density at radius 3 is 2.40 bits per heavy atom. The molecule has 2 saturated heterocycles. The van der Waals surface area contributed by atoms with E-state index in [4.69, 9.17) is 5.41 Å². The van der Waals surface area contributed by atoms with Gasteiger partial charge in [0.2, 0.25) is 5.91 Å². The molecule has 0 spiro atoms. The van der Waals surface area contributed by atoms with Gasteiger partial charge in [-0.05, 0) is 30.5 Å². The summed E-state index contributed by atoms with van der Waals surface area (Å²) in [4.78, 5) is 16.6. The lowest BCUT2D eigenvalue weighted by molar-refractivity contribution is -0.140. The lowest BCUT2D eigenvalue weighted by Crippen LogP contribution is -2.52. The van der Waals surface area contributed by atoms with E-state index in [1.807, 2.05) is 4.90 Å². The van der Waals surface area contributed by atoms with Crippen LogP contribution < -0.4 is 0 Å². The zero-order valence-corrected chi connectivity index (χ0v) is 14.7. The molecule has 1 atom stereocenters. The second kappa shape index (κ2) is 7.11. The normalized spacial score (nSPS) is 24.1. The number of carbonyl (C=O) groups is 1. The molecule has 2 aliphatic heterocycles. The first kappa shape index (κ1) is 17.8. The monoisotopic (exact) mass is 367 g/mol. The first-order valence-electron chi connectivity index (χ1n) is 8.40. The van der Waals surface area contributed by atoms with Crippen molar-refractivity contribution >= 4 is 22.1 Å². The summed E-state index contributed by atoms with van der Waals surface area (Å²) in [6, 6.07) is 5.81. The minimum absolute atomic E-state index is 0.0335. The van der Waals surface area contributed by atoms with E-state index in [1.54, 1.807) is 17.0 Å². The topological polar surface area (TPSA) is 81.5 Å². The number of nitrogens with zero attached hydrogens (tertiary/aromatic N) is 2. The van der Waals surface area contributed by atoms with Crippen molar-refractivity contribution in [2.45, 2.75) is 18.9 Å². The van der Waals surface area contributed by atoms with Crippen molar-refractivity contribution in [3.8, 4) is 0 Å². The summed E-state index contributed by atoms with van der Waals surface area (Å²) in [6.45, 7) is 1.52. The highest BCUT2D eigenvalue weighted by molar-refractivity contribution is 7.91. The van der Waals surface area contributed by atoms with Gasteiger partial charge in [0, 0.05) is 25.6 Å². The van der Waals surface area contributed by atoms with Gasteiger partial charge < -0.3 is 9.80 Å². The van der Waals surface area contributed by atoms with Gasteiger partial charge in [-0.2, -0.15) is 0 Å². The molecule has 1 aromatic rings. The molecule has 0 aliphatic carbocycles. The smallest absolute Gasteiger partial charge is 0.226 e. The van der Waals surface area contributed by atoms with E-state index in [-0.39, 0.29) is 35.2 Å². The third-order valence-corrected chi connectivity index (χ3v) is 6.75. The first-order valence-corrected chi connectivity index (χ1v) is 10.2. The summed E-state index contributed by atoms with van der Waals surface area (Å²) in [7, 11) is -3.01. The molecule has 0 bridgehead atoms. The molecule has 1 aromatic carbocycles. The summed E-state index contributed by atoms with van der Waals surface area (Å²) in [5.74, 6) is -0.526. The zero-order chi connectivity index (χ0) is 18.0. The Morgan fingerprint density at radius 1 is 1.16 bits per heavy atom. The Labute approximate surface area is 147 Å². The zero-order valence-electron chi connectivity index (χ0n) is 13.9. The Morgan fingerprint density at radius 2 is 1.80 bits per heavy atom. The van der Waals surface area contributed by atoms with Gasteiger partial charge in [-0.15, -0.1) is 0 Å². The minimum Gasteiger partial charge on any atom is -0.359 e. The maximum Gasteiger partial charge on any atom is 0.226 e. The maximum atomic E-state index is 13.2. The molecule has 1 amide bonds. The molecule has 0 saturated carbocycles. The van der Waals surface area contributed by atoms with Crippen LogP contribution in [0.1, 0.15) is 24.4 Å². The molecule has 8 heteroatoms. The summed E-state index contributed by atoms with van der Waals surface area (Å²) in [6.07, 6.45) is 1.98. The van der Waals surface area contributed by atoms with Crippen LogP contribution in [0.2, 0.25) is 0 Å². The van der Waals surface area contributed by atoms with Crippen LogP contribution >= 0.6 is 0 Å². The average Bonchev–Trinajstić information content (AvgIpc) is 2.61. The fourth-order valence-corrected chi connectivity index (χ4v) is 5.02. The Bertz CT molecular complexity index is 737. The number of piperazine rings is 1. The Kier molecular flexibility index (Phi) is 5.08. The number of amides is 1. The number of sulfone groups is 1. The van der Waals surface area contributed by atoms with Crippen molar-refractivity contribution in [3.63, 3.8) is 0 Å². The van der Waals surface area contributed by atoms with E-state index in [0.717, 1.165) is 5.56 Å². The predicted molar refractivity (Wildman–Crippen MR) is 92.6 cm³/mol. The van der Waals surface area contributed by atoms with Gasteiger partial charge in [-0.3, -0.25) is 10.2 Å². The van der Waals surface area contributed by atoms with E-state index in [9.17, 15) is 17.6 Å². The third-order valence-electron chi connectivity index (χ3n) is 5.04. The maximum absolute atomic E-state index is 13.2. The lowest BCUT2D eigenvalue weighted by atomic mass is 9.96. The second-order valence-electron chi connectivity index (χ2n) is 6.65. The highest BCUT2D eigenvalue weighted by atomic mass is 32.2. The molecule has 136 valence electrons. The van der Waals surface area contributed by atoms with Gasteiger partial charge >= 0.3 is 0 Å². The summed E-state index contributed by atoms with van der Waals surface area (Å²) in [5.41, 5.74) is 0.824. The molecule has 1 unspecified atom stereocenters. The van der Waals surface area contributed by atoms with Gasteiger partial charge in [-0.1, -0.05) is 12.1 Å². The van der Waals surface area contributed by atoms with Crippen LogP contribution in [-0.4, -0.2) is 61.6 Å². The second-order valence-corrected chi connectivity index (χ2v) is 8.95. The number of hydrogen-bond donors (Lipinski definition) is 1. The van der Waals surface area contributed by atoms with Crippen molar-refractivity contribution < 1.29 is 17.6 Å². The molecular weight excluding hydrogens is 345 g/mol. The van der Waals surface area contributed by atoms with Gasteiger partial charge in [-0.25, -0.2) is 12.8 Å². The number of carbonyl (C=O) groups excluding carboxylic acids is 1. The quantitative estimate of drug-likeness (QED) is 0.647. The molecule has 3 rings (SSSR count). The fourth-order valence-electron chi connectivity index (χ4n) is 3.53. The van der Waals surface area contributed by atoms with Crippen molar-refractivity contribution in [2.24, 2.45) is 5.92 Å². The van der Waals surface area contributed by atoms with Crippen LogP contribution in [0.4, 0.5) is 4.39 Å². The highest BCUT2D eigenvalue weighted by Gasteiger charge is 2.36. The van der Waals surface area contributed by atoms with Crippen molar-refractivity contribution in [1.29, 1.82) is 5.41 Å². The van der Waals surface area contributed by atoms with Crippen LogP contribution in [0.5, 0.6) is 0 Å². The van der Waals surface area contributed by atoms with Crippen LogP contribution in [0, 0.1) is 17.1 Å². The largest absolute Gasteiger partial charge is 0.359 e. The van der Waals surface area contributed by atoms with E-state index in [0.29, 0.717) is 32.5 Å². The van der Waals surface area contributed by atoms with Gasteiger partial charge in [0.25, 0.3) is 0 Å². The molecule has 6 nitrogen and oxygen atoms in total. The van der Waals surface area contributed by atoms with E-state index >= 15 is 0 Å². The molecule has 25 heavy (non-hydrogen) atoms. The molecular formula is C17H22FN3O3S. The van der Waals surface area contributed by atoms with Crippen molar-refractivity contribution in [2.75, 3.05) is 31.1 Å². The molecule has 1 N–H and O–H groups in total. The van der Waals surface area contributed by atoms with Crippen LogP contribution in [0.25, 0.3) is 0 Å². The van der Waals surface area contributed by atoms with E-state index in [2.05, 4.69) is 0 Å². The van der Waals surface area contributed by atoms with Crippen LogP contribution in [-0.2, 0) is 14.6 Å². The number of rotatable bonds is 3. The highest BCUT2D eigenvalue weighted by Crippen LogP contribution is 2.30. The Hall–Kier alpha value is -1.96. The van der Waals surface area contributed by atoms with E-state index in [1.165, 1.54) is 18.5 Å². The summed E-state index contributed by atoms with van der Waals surface area (Å²) in [5, 5.41) is 7.47. The van der Waals surface area contributed by atoms with Crippen LogP contribution in [0.3, 0.4) is 0 Å². The summed E-state index contributed by atoms with van der Waals surface area (Å²) >= 11 is 0. The molecule has 0 aromatic heterocycles. The first-order chi connectivity index (χ1) is 11.9. The lowest BCUT2D eigenvalue weighted by Gasteiger charge is -2.42. The number of halogens is 1. The van der Waals surface area contributed by atoms with Gasteiger partial charge in [0.05, 0.1) is 23.9 Å². The summed E-state index contributed by atoms with van der Waals surface area (Å²) < 4.78 is 36.4. The average molecular weight is 367 g/mol. The third kappa shape index (κ3) is 4.00. The number of nitrogens with one attached hydrogen (secondary N) is 1. The molecule has 0 radical (unpaired) electrons. The molecule has 2 aliphatic rings. The predicted octanol–water partition coefficient (Wildman–Crippen LogP) is 1.44. The standard InChI is InChI=1S/C17H22FN3O3S/c18-15-3-1-13(2-4-15)16-11-20(12-19)7-8-21(16)17(22)14-5-9-25(23,24)10-6-14/h1-4,12,14,16,19H,5-11H2.